The van der Waals surface area contributed by atoms with Gasteiger partial charge in [-0.05, 0) is 19.4 Å². The molecule has 1 fully saturated rings. The molecule has 5 nitrogen and oxygen atoms in total. The maximum atomic E-state index is 11.4. The summed E-state index contributed by atoms with van der Waals surface area (Å²) in [7, 11) is 4.68. The molecule has 0 saturated carbocycles. The molecule has 0 aromatic heterocycles. The molecule has 0 aromatic carbocycles. The van der Waals surface area contributed by atoms with Crippen LogP contribution >= 0.6 is 0 Å². The van der Waals surface area contributed by atoms with Crippen LogP contribution in [0.1, 0.15) is 12.8 Å². The molecule has 0 N–H and O–H groups in total. The lowest BCUT2D eigenvalue weighted by Gasteiger charge is -2.32. The number of carbonyl (C=O) groups excluding carboxylic acids is 1. The van der Waals surface area contributed by atoms with Crippen LogP contribution in [0.4, 0.5) is 0 Å². The zero-order valence-electron chi connectivity index (χ0n) is 10.3. The zero-order chi connectivity index (χ0) is 12.0. The lowest BCUT2D eigenvalue weighted by Crippen LogP contribution is -2.43. The molecular weight excluding hydrogens is 210 g/mol. The third-order valence-electron chi connectivity index (χ3n) is 2.97. The van der Waals surface area contributed by atoms with E-state index in [1.807, 2.05) is 0 Å². The highest BCUT2D eigenvalue weighted by Crippen LogP contribution is 2.18. The van der Waals surface area contributed by atoms with Gasteiger partial charge < -0.3 is 14.2 Å². The number of rotatable bonds is 5. The van der Waals surface area contributed by atoms with Gasteiger partial charge in [-0.1, -0.05) is 0 Å². The fourth-order valence-electron chi connectivity index (χ4n) is 2.04. The summed E-state index contributed by atoms with van der Waals surface area (Å²) < 4.78 is 15.1. The number of hydrogen-bond donors (Lipinski definition) is 0. The van der Waals surface area contributed by atoms with Crippen molar-refractivity contribution in [3.8, 4) is 0 Å². The molecule has 94 valence electrons. The minimum absolute atomic E-state index is 0.00638. The van der Waals surface area contributed by atoms with Gasteiger partial charge in [-0.3, -0.25) is 9.69 Å². The van der Waals surface area contributed by atoms with Gasteiger partial charge in [0.25, 0.3) is 0 Å². The van der Waals surface area contributed by atoms with Gasteiger partial charge in [-0.15, -0.1) is 0 Å². The van der Waals surface area contributed by atoms with Gasteiger partial charge in [0.15, 0.2) is 6.29 Å². The SMILES string of the molecule is COC(=O)[C@H]1CCCN(CC(OC)OC)C1. The van der Waals surface area contributed by atoms with Crippen molar-refractivity contribution in [2.45, 2.75) is 19.1 Å². The van der Waals surface area contributed by atoms with E-state index in [-0.39, 0.29) is 18.2 Å². The van der Waals surface area contributed by atoms with Crippen molar-refractivity contribution < 1.29 is 19.0 Å². The van der Waals surface area contributed by atoms with Crippen LogP contribution in [0.5, 0.6) is 0 Å². The second-order valence-electron chi connectivity index (χ2n) is 4.02. The van der Waals surface area contributed by atoms with Crippen LogP contribution in [-0.2, 0) is 19.0 Å². The van der Waals surface area contributed by atoms with Crippen LogP contribution in [0.15, 0.2) is 0 Å². The summed E-state index contributed by atoms with van der Waals surface area (Å²) in [6.45, 7) is 2.41. The van der Waals surface area contributed by atoms with Crippen LogP contribution in [-0.4, -0.2) is 58.1 Å². The molecule has 1 rings (SSSR count). The maximum absolute atomic E-state index is 11.4. The predicted molar refractivity (Wildman–Crippen MR) is 59.0 cm³/mol. The molecule has 0 aromatic rings. The number of nitrogens with zero attached hydrogens (tertiary/aromatic N) is 1. The average Bonchev–Trinajstić information content (AvgIpc) is 2.35. The Kier molecular flexibility index (Phi) is 5.73. The van der Waals surface area contributed by atoms with Crippen LogP contribution in [0.25, 0.3) is 0 Å². The summed E-state index contributed by atoms with van der Waals surface area (Å²) in [5, 5.41) is 0. The largest absolute Gasteiger partial charge is 0.469 e. The van der Waals surface area contributed by atoms with Crippen LogP contribution < -0.4 is 0 Å². The van der Waals surface area contributed by atoms with Gasteiger partial charge in [-0.25, -0.2) is 0 Å². The van der Waals surface area contributed by atoms with E-state index >= 15 is 0 Å². The van der Waals surface area contributed by atoms with E-state index in [2.05, 4.69) is 4.90 Å². The number of carbonyl (C=O) groups is 1. The Morgan fingerprint density at radius 2 is 2.06 bits per heavy atom. The van der Waals surface area contributed by atoms with Crippen LogP contribution in [0.3, 0.4) is 0 Å². The summed E-state index contributed by atoms with van der Waals surface area (Å²) in [5.74, 6) is -0.121. The maximum Gasteiger partial charge on any atom is 0.309 e. The quantitative estimate of drug-likeness (QED) is 0.509. The second kappa shape index (κ2) is 6.83. The Bertz CT molecular complexity index is 218. The Labute approximate surface area is 96.6 Å². The van der Waals surface area contributed by atoms with E-state index in [0.29, 0.717) is 6.54 Å². The predicted octanol–water partition coefficient (Wildman–Crippen LogP) is 0.490. The Morgan fingerprint density at radius 1 is 1.38 bits per heavy atom. The lowest BCUT2D eigenvalue weighted by molar-refractivity contribution is -0.149. The van der Waals surface area contributed by atoms with Gasteiger partial charge in [-0.2, -0.15) is 0 Å². The van der Waals surface area contributed by atoms with E-state index < -0.39 is 0 Å². The molecular formula is C11H21NO4. The topological polar surface area (TPSA) is 48.0 Å². The molecule has 0 amide bonds. The van der Waals surface area contributed by atoms with E-state index in [1.54, 1.807) is 14.2 Å². The highest BCUT2D eigenvalue weighted by Gasteiger charge is 2.27. The number of esters is 1. The fourth-order valence-corrected chi connectivity index (χ4v) is 2.04. The number of likely N-dealkylation sites (tertiary alicyclic amines) is 1. The molecule has 1 saturated heterocycles. The van der Waals surface area contributed by atoms with E-state index in [4.69, 9.17) is 14.2 Å². The molecule has 0 bridgehead atoms. The highest BCUT2D eigenvalue weighted by atomic mass is 16.7. The van der Waals surface area contributed by atoms with Gasteiger partial charge >= 0.3 is 5.97 Å². The first-order valence-electron chi connectivity index (χ1n) is 5.57. The summed E-state index contributed by atoms with van der Waals surface area (Å²) in [5.41, 5.74) is 0. The van der Waals surface area contributed by atoms with Crippen LogP contribution in [0.2, 0.25) is 0 Å². The fraction of sp³-hybridized carbons (Fsp3) is 0.909. The van der Waals surface area contributed by atoms with Crippen LogP contribution in [0, 0.1) is 5.92 Å². The second-order valence-corrected chi connectivity index (χ2v) is 4.02. The van der Waals surface area contributed by atoms with Gasteiger partial charge in [0, 0.05) is 27.3 Å². The Balaban J connectivity index is 2.41. The summed E-state index contributed by atoms with van der Waals surface area (Å²) >= 11 is 0. The first-order chi connectivity index (χ1) is 7.71. The standard InChI is InChI=1S/C11H21NO4/c1-14-10(15-2)8-12-6-4-5-9(7-12)11(13)16-3/h9-10H,4-8H2,1-3H3/t9-/m0/s1. The molecule has 1 aliphatic heterocycles. The Hall–Kier alpha value is -0.650. The van der Waals surface area contributed by atoms with Gasteiger partial charge in [0.05, 0.1) is 13.0 Å². The van der Waals surface area contributed by atoms with E-state index in [1.165, 1.54) is 7.11 Å². The first kappa shape index (κ1) is 13.4. The molecule has 0 unspecified atom stereocenters. The normalized spacial score (nSPS) is 22.4. The number of ether oxygens (including phenoxy) is 3. The summed E-state index contributed by atoms with van der Waals surface area (Å²) in [6.07, 6.45) is 1.70. The summed E-state index contributed by atoms with van der Waals surface area (Å²) in [6, 6.07) is 0. The lowest BCUT2D eigenvalue weighted by atomic mass is 9.98. The number of hydrogen-bond acceptors (Lipinski definition) is 5. The first-order valence-corrected chi connectivity index (χ1v) is 5.57. The van der Waals surface area contributed by atoms with Crippen molar-refractivity contribution in [3.05, 3.63) is 0 Å². The highest BCUT2D eigenvalue weighted by molar-refractivity contribution is 5.72. The average molecular weight is 231 g/mol. The van der Waals surface area contributed by atoms with Crippen molar-refractivity contribution in [2.75, 3.05) is 41.0 Å². The molecule has 0 aliphatic carbocycles. The summed E-state index contributed by atoms with van der Waals surface area (Å²) in [4.78, 5) is 13.6. The molecule has 16 heavy (non-hydrogen) atoms. The third-order valence-corrected chi connectivity index (χ3v) is 2.97. The van der Waals surface area contributed by atoms with E-state index in [9.17, 15) is 4.79 Å². The smallest absolute Gasteiger partial charge is 0.309 e. The molecule has 5 heteroatoms. The third kappa shape index (κ3) is 3.73. The van der Waals surface area contributed by atoms with Gasteiger partial charge in [0.1, 0.15) is 0 Å². The zero-order valence-corrected chi connectivity index (χ0v) is 10.3. The molecule has 1 aliphatic rings. The van der Waals surface area contributed by atoms with E-state index in [0.717, 1.165) is 25.9 Å². The number of piperidine rings is 1. The molecule has 1 atom stereocenters. The number of methoxy groups -OCH3 is 3. The van der Waals surface area contributed by atoms with Crippen molar-refractivity contribution in [2.24, 2.45) is 5.92 Å². The minimum atomic E-state index is -0.226. The molecule has 1 heterocycles. The molecule has 0 radical (unpaired) electrons. The monoisotopic (exact) mass is 231 g/mol. The van der Waals surface area contributed by atoms with Crippen molar-refractivity contribution in [3.63, 3.8) is 0 Å². The Morgan fingerprint density at radius 3 is 2.62 bits per heavy atom. The van der Waals surface area contributed by atoms with Crippen molar-refractivity contribution >= 4 is 5.97 Å². The van der Waals surface area contributed by atoms with Gasteiger partial charge in [0.2, 0.25) is 0 Å². The van der Waals surface area contributed by atoms with Crippen molar-refractivity contribution in [1.29, 1.82) is 0 Å². The minimum Gasteiger partial charge on any atom is -0.469 e. The van der Waals surface area contributed by atoms with Crippen molar-refractivity contribution in [1.82, 2.24) is 4.90 Å². The molecule has 0 spiro atoms.